The molecular formula is C22H24ClN3O. The van der Waals surface area contributed by atoms with E-state index in [1.54, 1.807) is 0 Å². The minimum Gasteiger partial charge on any atom is -0.328 e. The number of unbranched alkanes of at least 4 members (excludes halogenated alkanes) is 2. The Bertz CT molecular complexity index is 948. The summed E-state index contributed by atoms with van der Waals surface area (Å²) in [6.07, 6.45) is 4.02. The lowest BCUT2D eigenvalue weighted by Gasteiger charge is -2.17. The summed E-state index contributed by atoms with van der Waals surface area (Å²) in [6.45, 7) is 3.83. The Balaban J connectivity index is 1.64. The van der Waals surface area contributed by atoms with E-state index in [9.17, 15) is 4.79 Å². The first-order valence-corrected chi connectivity index (χ1v) is 10.1. The number of anilines is 1. The minimum absolute atomic E-state index is 0.113. The number of halogens is 1. The lowest BCUT2D eigenvalue weighted by molar-refractivity contribution is -0.117. The number of amides is 1. The van der Waals surface area contributed by atoms with Gasteiger partial charge in [-0.2, -0.15) is 0 Å². The van der Waals surface area contributed by atoms with E-state index < -0.39 is 0 Å². The van der Waals surface area contributed by atoms with Gasteiger partial charge in [0.1, 0.15) is 5.82 Å². The lowest BCUT2D eigenvalue weighted by Crippen LogP contribution is -2.24. The van der Waals surface area contributed by atoms with Crippen molar-refractivity contribution in [2.45, 2.75) is 45.1 Å². The molecule has 3 aromatic rings. The fourth-order valence-corrected chi connectivity index (χ4v) is 4.04. The second kappa shape index (κ2) is 7.73. The molecule has 2 aromatic carbocycles. The van der Waals surface area contributed by atoms with E-state index >= 15 is 0 Å². The zero-order valence-corrected chi connectivity index (χ0v) is 16.3. The average molecular weight is 382 g/mol. The highest BCUT2D eigenvalue weighted by molar-refractivity contribution is 6.30. The van der Waals surface area contributed by atoms with Crippen molar-refractivity contribution in [3.8, 4) is 0 Å². The number of nitrogens with zero attached hydrogens (tertiary/aromatic N) is 3. The molecule has 2 heterocycles. The molecule has 1 aliphatic rings. The van der Waals surface area contributed by atoms with Gasteiger partial charge in [-0.05, 0) is 42.8 Å². The van der Waals surface area contributed by atoms with Crippen LogP contribution >= 0.6 is 11.6 Å². The maximum absolute atomic E-state index is 12.7. The van der Waals surface area contributed by atoms with Gasteiger partial charge < -0.3 is 9.47 Å². The molecule has 5 heteroatoms. The van der Waals surface area contributed by atoms with E-state index in [1.807, 2.05) is 35.2 Å². The van der Waals surface area contributed by atoms with Crippen LogP contribution in [-0.4, -0.2) is 22.0 Å². The molecule has 0 N–H and O–H groups in total. The summed E-state index contributed by atoms with van der Waals surface area (Å²) < 4.78 is 2.33. The minimum atomic E-state index is 0.113. The van der Waals surface area contributed by atoms with E-state index in [4.69, 9.17) is 16.6 Å². The number of rotatable bonds is 6. The summed E-state index contributed by atoms with van der Waals surface area (Å²) in [5.41, 5.74) is 3.09. The van der Waals surface area contributed by atoms with Crippen LogP contribution in [0.2, 0.25) is 5.02 Å². The van der Waals surface area contributed by atoms with Crippen molar-refractivity contribution >= 4 is 34.2 Å². The van der Waals surface area contributed by atoms with Crippen LogP contribution in [0.5, 0.6) is 0 Å². The first kappa shape index (κ1) is 18.1. The zero-order valence-electron chi connectivity index (χ0n) is 15.6. The molecular weight excluding hydrogens is 358 g/mol. The molecule has 27 heavy (non-hydrogen) atoms. The molecule has 1 amide bonds. The molecule has 4 rings (SSSR count). The van der Waals surface area contributed by atoms with E-state index in [2.05, 4.69) is 29.7 Å². The van der Waals surface area contributed by atoms with Gasteiger partial charge in [0.2, 0.25) is 5.91 Å². The van der Waals surface area contributed by atoms with Crippen molar-refractivity contribution in [3.63, 3.8) is 0 Å². The zero-order chi connectivity index (χ0) is 18.8. The topological polar surface area (TPSA) is 38.1 Å². The quantitative estimate of drug-likeness (QED) is 0.536. The van der Waals surface area contributed by atoms with Crippen molar-refractivity contribution in [3.05, 3.63) is 59.4 Å². The number of fused-ring (bicyclic) bond motifs is 1. The molecule has 1 unspecified atom stereocenters. The van der Waals surface area contributed by atoms with Gasteiger partial charge in [-0.25, -0.2) is 4.98 Å². The largest absolute Gasteiger partial charge is 0.328 e. The van der Waals surface area contributed by atoms with Gasteiger partial charge >= 0.3 is 0 Å². The molecule has 1 aromatic heterocycles. The summed E-state index contributed by atoms with van der Waals surface area (Å²) in [4.78, 5) is 19.5. The van der Waals surface area contributed by atoms with Gasteiger partial charge in [0.15, 0.2) is 0 Å². The monoisotopic (exact) mass is 381 g/mol. The van der Waals surface area contributed by atoms with Crippen molar-refractivity contribution < 1.29 is 4.79 Å². The summed E-state index contributed by atoms with van der Waals surface area (Å²) in [5.74, 6) is 1.30. The summed E-state index contributed by atoms with van der Waals surface area (Å²) in [7, 11) is 0. The number of hydrogen-bond donors (Lipinski definition) is 0. The summed E-state index contributed by atoms with van der Waals surface area (Å²) in [5, 5.41) is 0.680. The maximum Gasteiger partial charge on any atom is 0.227 e. The van der Waals surface area contributed by atoms with E-state index in [0.29, 0.717) is 18.0 Å². The SMILES string of the molecule is CCCCCn1c(C2CC(=O)N(c3ccc(Cl)cc3)C2)nc2ccccc21. The number of carbonyl (C=O) groups is 1. The Morgan fingerprint density at radius 3 is 2.67 bits per heavy atom. The van der Waals surface area contributed by atoms with E-state index in [0.717, 1.165) is 30.0 Å². The normalized spacial score (nSPS) is 17.2. The van der Waals surface area contributed by atoms with Crippen LogP contribution in [0, 0.1) is 0 Å². The number of imidazole rings is 1. The van der Waals surface area contributed by atoms with Crippen molar-refractivity contribution in [1.82, 2.24) is 9.55 Å². The maximum atomic E-state index is 12.7. The van der Waals surface area contributed by atoms with Gasteiger partial charge in [0.05, 0.1) is 11.0 Å². The van der Waals surface area contributed by atoms with Gasteiger partial charge in [0.25, 0.3) is 0 Å². The highest BCUT2D eigenvalue weighted by Crippen LogP contribution is 2.33. The number of hydrogen-bond acceptors (Lipinski definition) is 2. The van der Waals surface area contributed by atoms with Gasteiger partial charge in [-0.3, -0.25) is 4.79 Å². The predicted molar refractivity (Wildman–Crippen MR) is 110 cm³/mol. The Hall–Kier alpha value is -2.33. The molecule has 1 saturated heterocycles. The molecule has 1 atom stereocenters. The number of para-hydroxylation sites is 2. The van der Waals surface area contributed by atoms with Crippen LogP contribution in [0.25, 0.3) is 11.0 Å². The van der Waals surface area contributed by atoms with Crippen LogP contribution in [0.3, 0.4) is 0 Å². The number of benzene rings is 2. The molecule has 4 nitrogen and oxygen atoms in total. The van der Waals surface area contributed by atoms with Crippen molar-refractivity contribution in [1.29, 1.82) is 0 Å². The van der Waals surface area contributed by atoms with Crippen LogP contribution in [0.4, 0.5) is 5.69 Å². The molecule has 1 fully saturated rings. The standard InChI is InChI=1S/C22H24ClN3O/c1-2-3-6-13-25-20-8-5-4-7-19(20)24-22(25)16-14-21(27)26(15-16)18-11-9-17(23)10-12-18/h4-5,7-12,16H,2-3,6,13-15H2,1H3. The van der Waals surface area contributed by atoms with E-state index in [1.165, 1.54) is 18.4 Å². The third kappa shape index (κ3) is 3.59. The Labute approximate surface area is 164 Å². The van der Waals surface area contributed by atoms with Gasteiger partial charge in [-0.15, -0.1) is 0 Å². The molecule has 1 aliphatic heterocycles. The molecule has 0 spiro atoms. The van der Waals surface area contributed by atoms with Gasteiger partial charge in [0, 0.05) is 36.1 Å². The fourth-order valence-electron chi connectivity index (χ4n) is 3.91. The first-order chi connectivity index (χ1) is 13.2. The number of aromatic nitrogens is 2. The summed E-state index contributed by atoms with van der Waals surface area (Å²) in [6, 6.07) is 15.8. The molecule has 140 valence electrons. The molecule has 0 radical (unpaired) electrons. The average Bonchev–Trinajstić information content (AvgIpc) is 3.24. The second-order valence-corrected chi connectivity index (χ2v) is 7.64. The second-order valence-electron chi connectivity index (χ2n) is 7.20. The Morgan fingerprint density at radius 2 is 1.89 bits per heavy atom. The van der Waals surface area contributed by atoms with Gasteiger partial charge in [-0.1, -0.05) is 43.5 Å². The number of carbonyl (C=O) groups excluding carboxylic acids is 1. The third-order valence-electron chi connectivity index (χ3n) is 5.30. The predicted octanol–water partition coefficient (Wildman–Crippen LogP) is 5.40. The molecule has 0 aliphatic carbocycles. The number of aryl methyl sites for hydroxylation is 1. The van der Waals surface area contributed by atoms with Crippen molar-refractivity contribution in [2.24, 2.45) is 0 Å². The smallest absolute Gasteiger partial charge is 0.227 e. The fraction of sp³-hybridized carbons (Fsp3) is 0.364. The summed E-state index contributed by atoms with van der Waals surface area (Å²) >= 11 is 5.99. The lowest BCUT2D eigenvalue weighted by atomic mass is 10.1. The third-order valence-corrected chi connectivity index (χ3v) is 5.55. The molecule has 0 bridgehead atoms. The highest BCUT2D eigenvalue weighted by atomic mass is 35.5. The first-order valence-electron chi connectivity index (χ1n) is 9.68. The molecule has 0 saturated carbocycles. The Morgan fingerprint density at radius 1 is 1.11 bits per heavy atom. The van der Waals surface area contributed by atoms with Crippen LogP contribution in [0.1, 0.15) is 44.3 Å². The van der Waals surface area contributed by atoms with Crippen LogP contribution in [0.15, 0.2) is 48.5 Å². The van der Waals surface area contributed by atoms with Crippen LogP contribution < -0.4 is 4.90 Å². The van der Waals surface area contributed by atoms with E-state index in [-0.39, 0.29) is 11.8 Å². The van der Waals surface area contributed by atoms with Crippen LogP contribution in [-0.2, 0) is 11.3 Å². The van der Waals surface area contributed by atoms with Crippen molar-refractivity contribution in [2.75, 3.05) is 11.4 Å². The highest BCUT2D eigenvalue weighted by Gasteiger charge is 2.34. The Kier molecular flexibility index (Phi) is 5.17.